The van der Waals surface area contributed by atoms with Crippen LogP contribution < -0.4 is 0 Å². The number of alkyl halides is 6. The molecule has 0 heterocycles. The molecule has 0 aliphatic carbocycles. The SMILES string of the molecule is CCC(C)(I)CC(F)(F)C(F)(F)F. The van der Waals surface area contributed by atoms with Crippen LogP contribution in [0.2, 0.25) is 0 Å². The van der Waals surface area contributed by atoms with Gasteiger partial charge in [0.1, 0.15) is 0 Å². The Morgan fingerprint density at radius 2 is 1.46 bits per heavy atom. The Morgan fingerprint density at radius 1 is 1.08 bits per heavy atom. The van der Waals surface area contributed by atoms with E-state index in [2.05, 4.69) is 0 Å². The van der Waals surface area contributed by atoms with Crippen molar-refractivity contribution in [2.75, 3.05) is 0 Å². The molecule has 6 heteroatoms. The molecular formula is C7H10F5I. The van der Waals surface area contributed by atoms with Gasteiger partial charge in [-0.05, 0) is 6.42 Å². The zero-order valence-corrected chi connectivity index (χ0v) is 9.34. The fourth-order valence-corrected chi connectivity index (χ4v) is 1.17. The molecule has 0 nitrogen and oxygen atoms in total. The van der Waals surface area contributed by atoms with E-state index in [0.29, 0.717) is 0 Å². The number of halogens is 6. The van der Waals surface area contributed by atoms with Crippen molar-refractivity contribution in [2.24, 2.45) is 0 Å². The number of hydrogen-bond acceptors (Lipinski definition) is 0. The van der Waals surface area contributed by atoms with Crippen LogP contribution in [0, 0.1) is 0 Å². The zero-order valence-electron chi connectivity index (χ0n) is 7.18. The molecule has 0 saturated carbocycles. The third-order valence-corrected chi connectivity index (χ3v) is 2.89. The normalized spacial score (nSPS) is 18.5. The number of rotatable bonds is 3. The lowest BCUT2D eigenvalue weighted by Gasteiger charge is -2.28. The van der Waals surface area contributed by atoms with Crippen LogP contribution >= 0.6 is 22.6 Å². The third-order valence-electron chi connectivity index (χ3n) is 1.74. The molecule has 0 aliphatic rings. The van der Waals surface area contributed by atoms with Gasteiger partial charge in [0, 0.05) is 9.84 Å². The molecule has 0 amide bonds. The Balaban J connectivity index is 4.52. The molecule has 1 atom stereocenters. The summed E-state index contributed by atoms with van der Waals surface area (Å²) in [6, 6.07) is 0. The molecule has 13 heavy (non-hydrogen) atoms. The van der Waals surface area contributed by atoms with E-state index >= 15 is 0 Å². The fourth-order valence-electron chi connectivity index (χ4n) is 0.688. The molecule has 80 valence electrons. The molecule has 0 rings (SSSR count). The van der Waals surface area contributed by atoms with Crippen molar-refractivity contribution in [3.63, 3.8) is 0 Å². The van der Waals surface area contributed by atoms with E-state index < -0.39 is 21.9 Å². The fraction of sp³-hybridized carbons (Fsp3) is 1.00. The van der Waals surface area contributed by atoms with E-state index in [1.54, 1.807) is 29.5 Å². The summed E-state index contributed by atoms with van der Waals surface area (Å²) >= 11 is 1.62. The smallest absolute Gasteiger partial charge is 0.196 e. The van der Waals surface area contributed by atoms with E-state index in [1.165, 1.54) is 6.92 Å². The lowest BCUT2D eigenvalue weighted by Crippen LogP contribution is -2.41. The van der Waals surface area contributed by atoms with E-state index in [-0.39, 0.29) is 6.42 Å². The quantitative estimate of drug-likeness (QED) is 0.416. The molecule has 0 radical (unpaired) electrons. The molecule has 0 saturated heterocycles. The third kappa shape index (κ3) is 3.95. The van der Waals surface area contributed by atoms with Gasteiger partial charge in [0.25, 0.3) is 0 Å². The molecule has 1 unspecified atom stereocenters. The maximum absolute atomic E-state index is 12.5. The zero-order chi connectivity index (χ0) is 10.9. The minimum absolute atomic E-state index is 0.277. The minimum atomic E-state index is -5.44. The maximum atomic E-state index is 12.5. The molecule has 0 fully saturated rings. The van der Waals surface area contributed by atoms with E-state index in [1.807, 2.05) is 0 Å². The standard InChI is InChI=1S/C7H10F5I/c1-3-5(2,13)4-6(8,9)7(10,11)12/h3-4H2,1-2H3. The first-order valence-corrected chi connectivity index (χ1v) is 4.73. The van der Waals surface area contributed by atoms with Crippen molar-refractivity contribution in [1.82, 2.24) is 0 Å². The second-order valence-electron chi connectivity index (χ2n) is 3.15. The van der Waals surface area contributed by atoms with Gasteiger partial charge in [-0.15, -0.1) is 0 Å². The average Bonchev–Trinajstić information content (AvgIpc) is 1.83. The first-order chi connectivity index (χ1) is 5.52. The highest BCUT2D eigenvalue weighted by Gasteiger charge is 2.59. The molecular weight excluding hydrogens is 306 g/mol. The van der Waals surface area contributed by atoms with Crippen LogP contribution in [-0.2, 0) is 0 Å². The predicted molar refractivity (Wildman–Crippen MR) is 48.3 cm³/mol. The lowest BCUT2D eigenvalue weighted by atomic mass is 10.00. The van der Waals surface area contributed by atoms with Crippen LogP contribution in [0.15, 0.2) is 0 Å². The van der Waals surface area contributed by atoms with Gasteiger partial charge >= 0.3 is 12.1 Å². The van der Waals surface area contributed by atoms with Gasteiger partial charge in [-0.3, -0.25) is 0 Å². The second-order valence-corrected chi connectivity index (χ2v) is 5.75. The van der Waals surface area contributed by atoms with E-state index in [4.69, 9.17) is 0 Å². The Hall–Kier alpha value is 0.380. The van der Waals surface area contributed by atoms with E-state index in [0.717, 1.165) is 0 Å². The summed E-state index contributed by atoms with van der Waals surface area (Å²) in [5.74, 6) is -4.58. The van der Waals surface area contributed by atoms with Crippen LogP contribution in [0.25, 0.3) is 0 Å². The summed E-state index contributed by atoms with van der Waals surface area (Å²) in [5.41, 5.74) is 0. The predicted octanol–water partition coefficient (Wildman–Crippen LogP) is 4.18. The van der Waals surface area contributed by atoms with Gasteiger partial charge in [-0.1, -0.05) is 36.4 Å². The number of hydrogen-bond donors (Lipinski definition) is 0. The molecule has 0 aromatic heterocycles. The van der Waals surface area contributed by atoms with Crippen LogP contribution in [0.3, 0.4) is 0 Å². The van der Waals surface area contributed by atoms with Gasteiger partial charge < -0.3 is 0 Å². The van der Waals surface area contributed by atoms with Crippen molar-refractivity contribution < 1.29 is 22.0 Å². The van der Waals surface area contributed by atoms with Crippen LogP contribution in [-0.4, -0.2) is 15.5 Å². The van der Waals surface area contributed by atoms with Crippen molar-refractivity contribution in [1.29, 1.82) is 0 Å². The Labute approximate surface area is 87.0 Å². The van der Waals surface area contributed by atoms with Gasteiger partial charge in [-0.25, -0.2) is 0 Å². The van der Waals surface area contributed by atoms with Crippen LogP contribution in [0.4, 0.5) is 22.0 Å². The van der Waals surface area contributed by atoms with Gasteiger partial charge in [0.05, 0.1) is 0 Å². The highest BCUT2D eigenvalue weighted by molar-refractivity contribution is 14.1. The van der Waals surface area contributed by atoms with Crippen LogP contribution in [0.5, 0.6) is 0 Å². The summed E-state index contributed by atoms with van der Waals surface area (Å²) in [6.07, 6.45) is -6.33. The monoisotopic (exact) mass is 316 g/mol. The highest BCUT2D eigenvalue weighted by Crippen LogP contribution is 2.44. The minimum Gasteiger partial charge on any atom is -0.196 e. The van der Waals surface area contributed by atoms with Gasteiger partial charge in [0.15, 0.2) is 0 Å². The first-order valence-electron chi connectivity index (χ1n) is 3.65. The Bertz CT molecular complexity index is 172. The highest BCUT2D eigenvalue weighted by atomic mass is 127. The summed E-state index contributed by atoms with van der Waals surface area (Å²) < 4.78 is 59.2. The summed E-state index contributed by atoms with van der Waals surface area (Å²) in [6.45, 7) is 2.96. The van der Waals surface area contributed by atoms with Crippen LogP contribution in [0.1, 0.15) is 26.7 Å². The largest absolute Gasteiger partial charge is 0.453 e. The molecule has 0 N–H and O–H groups in total. The van der Waals surface area contributed by atoms with Gasteiger partial charge in [0.2, 0.25) is 0 Å². The van der Waals surface area contributed by atoms with Crippen molar-refractivity contribution in [3.8, 4) is 0 Å². The lowest BCUT2D eigenvalue weighted by molar-refractivity contribution is -0.285. The van der Waals surface area contributed by atoms with Gasteiger partial charge in [-0.2, -0.15) is 22.0 Å². The average molecular weight is 316 g/mol. The summed E-state index contributed by atoms with van der Waals surface area (Å²) in [4.78, 5) is 0. The molecule has 0 aromatic rings. The molecule has 0 aromatic carbocycles. The molecule has 0 spiro atoms. The second kappa shape index (κ2) is 3.86. The summed E-state index contributed by atoms with van der Waals surface area (Å²) in [7, 11) is 0. The van der Waals surface area contributed by atoms with E-state index in [9.17, 15) is 22.0 Å². The molecule has 0 aliphatic heterocycles. The summed E-state index contributed by atoms with van der Waals surface area (Å²) in [5, 5.41) is 0. The first kappa shape index (κ1) is 13.4. The van der Waals surface area contributed by atoms with Crippen molar-refractivity contribution in [3.05, 3.63) is 0 Å². The topological polar surface area (TPSA) is 0 Å². The maximum Gasteiger partial charge on any atom is 0.453 e. The van der Waals surface area contributed by atoms with Crippen molar-refractivity contribution in [2.45, 2.75) is 42.2 Å². The molecule has 0 bridgehead atoms. The Morgan fingerprint density at radius 3 is 1.69 bits per heavy atom. The Kier molecular flexibility index (Phi) is 3.97. The van der Waals surface area contributed by atoms with Crippen molar-refractivity contribution >= 4 is 22.6 Å².